The molecule has 2 aromatic rings. The Morgan fingerprint density at radius 3 is 2.77 bits per heavy atom. The summed E-state index contributed by atoms with van der Waals surface area (Å²) in [5.74, 6) is 0.347. The van der Waals surface area contributed by atoms with Crippen LogP contribution in [0.1, 0.15) is 52.0 Å². The Balaban J connectivity index is 1.81. The van der Waals surface area contributed by atoms with Gasteiger partial charge in [-0.3, -0.25) is 14.5 Å². The van der Waals surface area contributed by atoms with Gasteiger partial charge in [0.1, 0.15) is 11.4 Å². The topological polar surface area (TPSA) is 80.1 Å². The molecule has 7 nitrogen and oxygen atoms in total. The van der Waals surface area contributed by atoms with Crippen molar-refractivity contribution >= 4 is 5.91 Å². The predicted molar refractivity (Wildman–Crippen MR) is 99.0 cm³/mol. The molecular weight excluding hydrogens is 330 g/mol. The minimum atomic E-state index is -0.378. The van der Waals surface area contributed by atoms with Crippen LogP contribution in [0, 0.1) is 13.8 Å². The molecule has 2 aromatic heterocycles. The van der Waals surface area contributed by atoms with Crippen LogP contribution in [-0.4, -0.2) is 38.9 Å². The van der Waals surface area contributed by atoms with Crippen molar-refractivity contribution in [2.24, 2.45) is 7.05 Å². The van der Waals surface area contributed by atoms with Gasteiger partial charge in [-0.25, -0.2) is 9.97 Å². The van der Waals surface area contributed by atoms with E-state index >= 15 is 0 Å². The van der Waals surface area contributed by atoms with Crippen LogP contribution >= 0.6 is 0 Å². The zero-order valence-corrected chi connectivity index (χ0v) is 15.7. The summed E-state index contributed by atoms with van der Waals surface area (Å²) in [6, 6.07) is 3.59. The first-order valence-electron chi connectivity index (χ1n) is 8.86. The van der Waals surface area contributed by atoms with Crippen LogP contribution in [0.2, 0.25) is 0 Å². The smallest absolute Gasteiger partial charge is 0.263 e. The fourth-order valence-electron chi connectivity index (χ4n) is 3.36. The van der Waals surface area contributed by atoms with Crippen molar-refractivity contribution in [3.63, 3.8) is 0 Å². The second kappa shape index (κ2) is 7.37. The molecule has 1 aliphatic rings. The summed E-state index contributed by atoms with van der Waals surface area (Å²) in [5, 5.41) is 2.85. The maximum absolute atomic E-state index is 12.5. The van der Waals surface area contributed by atoms with Crippen molar-refractivity contribution in [2.45, 2.75) is 39.3 Å². The fraction of sp³-hybridized carbons (Fsp3) is 0.474. The Labute approximate surface area is 153 Å². The van der Waals surface area contributed by atoms with Gasteiger partial charge in [0.25, 0.3) is 11.5 Å². The van der Waals surface area contributed by atoms with Gasteiger partial charge >= 0.3 is 0 Å². The van der Waals surface area contributed by atoms with E-state index in [0.29, 0.717) is 6.54 Å². The number of aryl methyl sites for hydroxylation is 2. The van der Waals surface area contributed by atoms with Gasteiger partial charge in [0.2, 0.25) is 0 Å². The molecular formula is C19H25N5O2. The lowest BCUT2D eigenvalue weighted by Gasteiger charge is -2.21. The number of hydrogen-bond acceptors (Lipinski definition) is 5. The number of likely N-dealkylation sites (tertiary alicyclic amines) is 1. The molecule has 0 spiro atoms. The van der Waals surface area contributed by atoms with Crippen molar-refractivity contribution in [2.75, 3.05) is 13.6 Å². The molecule has 1 aliphatic heterocycles. The minimum absolute atomic E-state index is 0.144. The first-order chi connectivity index (χ1) is 12.4. The molecule has 0 radical (unpaired) electrons. The van der Waals surface area contributed by atoms with E-state index in [9.17, 15) is 9.59 Å². The third-order valence-electron chi connectivity index (χ3n) is 5.09. The molecule has 7 heteroatoms. The predicted octanol–water partition coefficient (Wildman–Crippen LogP) is 1.49. The number of carbonyl (C=O) groups excluding carboxylic acids is 1. The van der Waals surface area contributed by atoms with Crippen molar-refractivity contribution < 1.29 is 4.79 Å². The lowest BCUT2D eigenvalue weighted by molar-refractivity contribution is 0.0948. The third kappa shape index (κ3) is 3.53. The molecule has 1 fully saturated rings. The Morgan fingerprint density at radius 2 is 2.08 bits per heavy atom. The zero-order valence-electron chi connectivity index (χ0n) is 15.7. The van der Waals surface area contributed by atoms with Gasteiger partial charge < -0.3 is 9.88 Å². The Morgan fingerprint density at radius 1 is 1.31 bits per heavy atom. The molecule has 3 rings (SSSR count). The molecule has 0 bridgehead atoms. The van der Waals surface area contributed by atoms with Crippen molar-refractivity contribution in [1.29, 1.82) is 0 Å². The molecule has 0 saturated carbocycles. The van der Waals surface area contributed by atoms with Crippen LogP contribution in [0.5, 0.6) is 0 Å². The molecule has 1 amide bonds. The SMILES string of the molecule is Cc1ncc(CNC(=O)c2ccc(C)n(C)c2=O)c(C2CCCN2C)n1. The summed E-state index contributed by atoms with van der Waals surface area (Å²) in [7, 11) is 3.75. The number of hydrogen-bond donors (Lipinski definition) is 1. The van der Waals surface area contributed by atoms with Crippen LogP contribution in [-0.2, 0) is 13.6 Å². The molecule has 1 atom stereocenters. The summed E-state index contributed by atoms with van der Waals surface area (Å²) in [6.07, 6.45) is 3.96. The quantitative estimate of drug-likeness (QED) is 0.899. The second-order valence-corrected chi connectivity index (χ2v) is 6.90. The first kappa shape index (κ1) is 18.3. The van der Waals surface area contributed by atoms with Crippen LogP contribution < -0.4 is 10.9 Å². The number of nitrogens with one attached hydrogen (secondary N) is 1. The number of amides is 1. The molecule has 26 heavy (non-hydrogen) atoms. The third-order valence-corrected chi connectivity index (χ3v) is 5.09. The summed E-state index contributed by atoms with van der Waals surface area (Å²) < 4.78 is 1.48. The monoisotopic (exact) mass is 355 g/mol. The molecule has 3 heterocycles. The van der Waals surface area contributed by atoms with Gasteiger partial charge in [-0.05, 0) is 52.4 Å². The van der Waals surface area contributed by atoms with E-state index in [1.807, 2.05) is 13.8 Å². The number of pyridine rings is 1. The maximum atomic E-state index is 12.5. The van der Waals surface area contributed by atoms with E-state index < -0.39 is 0 Å². The molecule has 0 aromatic carbocycles. The Kier molecular flexibility index (Phi) is 5.18. The molecule has 0 aliphatic carbocycles. The van der Waals surface area contributed by atoms with Gasteiger partial charge in [-0.15, -0.1) is 0 Å². The highest BCUT2D eigenvalue weighted by molar-refractivity contribution is 5.93. The van der Waals surface area contributed by atoms with Crippen LogP contribution in [0.15, 0.2) is 23.1 Å². The van der Waals surface area contributed by atoms with Crippen molar-refractivity contribution in [3.8, 4) is 0 Å². The largest absolute Gasteiger partial charge is 0.348 e. The Bertz CT molecular complexity index is 890. The van der Waals surface area contributed by atoms with E-state index in [2.05, 4.69) is 27.2 Å². The zero-order chi connectivity index (χ0) is 18.8. The molecule has 1 N–H and O–H groups in total. The minimum Gasteiger partial charge on any atom is -0.348 e. The van der Waals surface area contributed by atoms with Crippen molar-refractivity contribution in [1.82, 2.24) is 24.8 Å². The van der Waals surface area contributed by atoms with Gasteiger partial charge in [0.05, 0.1) is 11.7 Å². The Hall–Kier alpha value is -2.54. The van der Waals surface area contributed by atoms with Gasteiger partial charge in [0.15, 0.2) is 0 Å². The highest BCUT2D eigenvalue weighted by atomic mass is 16.2. The van der Waals surface area contributed by atoms with E-state index in [4.69, 9.17) is 0 Å². The highest BCUT2D eigenvalue weighted by Gasteiger charge is 2.26. The molecule has 1 unspecified atom stereocenters. The van der Waals surface area contributed by atoms with E-state index in [-0.39, 0.29) is 23.1 Å². The standard InChI is InChI=1S/C19H25N5O2/c1-12-7-8-15(19(26)24(12)4)18(25)21-11-14-10-20-13(2)22-17(14)16-6-5-9-23(16)3/h7-8,10,16H,5-6,9,11H2,1-4H3,(H,21,25). The summed E-state index contributed by atoms with van der Waals surface area (Å²) in [4.78, 5) is 36.0. The van der Waals surface area contributed by atoms with Gasteiger partial charge in [0, 0.05) is 31.0 Å². The van der Waals surface area contributed by atoms with Gasteiger partial charge in [-0.2, -0.15) is 0 Å². The first-order valence-corrected chi connectivity index (χ1v) is 8.86. The summed E-state index contributed by atoms with van der Waals surface area (Å²) in [5.41, 5.74) is 2.52. The molecule has 1 saturated heterocycles. The normalized spacial score (nSPS) is 17.5. The lowest BCUT2D eigenvalue weighted by atomic mass is 10.1. The lowest BCUT2D eigenvalue weighted by Crippen LogP contribution is -2.33. The van der Waals surface area contributed by atoms with E-state index in [0.717, 1.165) is 42.2 Å². The van der Waals surface area contributed by atoms with E-state index in [1.165, 1.54) is 4.57 Å². The van der Waals surface area contributed by atoms with Crippen LogP contribution in [0.25, 0.3) is 0 Å². The maximum Gasteiger partial charge on any atom is 0.263 e. The second-order valence-electron chi connectivity index (χ2n) is 6.90. The average Bonchev–Trinajstić information content (AvgIpc) is 3.04. The number of aromatic nitrogens is 3. The van der Waals surface area contributed by atoms with Crippen LogP contribution in [0.3, 0.4) is 0 Å². The molecule has 138 valence electrons. The van der Waals surface area contributed by atoms with Crippen molar-refractivity contribution in [3.05, 3.63) is 57.0 Å². The fourth-order valence-corrected chi connectivity index (χ4v) is 3.36. The summed E-state index contributed by atoms with van der Waals surface area (Å²) >= 11 is 0. The average molecular weight is 355 g/mol. The number of carbonyl (C=O) groups is 1. The number of rotatable bonds is 4. The summed E-state index contributed by atoms with van der Waals surface area (Å²) in [6.45, 7) is 5.04. The number of nitrogens with zero attached hydrogens (tertiary/aromatic N) is 4. The van der Waals surface area contributed by atoms with Crippen LogP contribution in [0.4, 0.5) is 0 Å². The van der Waals surface area contributed by atoms with Gasteiger partial charge in [-0.1, -0.05) is 0 Å². The van der Waals surface area contributed by atoms with E-state index in [1.54, 1.807) is 25.4 Å². The highest BCUT2D eigenvalue weighted by Crippen LogP contribution is 2.30.